The molecule has 1 aromatic heterocycles. The minimum absolute atomic E-state index is 0.329. The highest BCUT2D eigenvalue weighted by atomic mass is 79.9. The molecule has 1 aliphatic rings. The number of piperazine rings is 1. The lowest BCUT2D eigenvalue weighted by molar-refractivity contribution is 0.268. The Morgan fingerprint density at radius 3 is 2.62 bits per heavy atom. The highest BCUT2D eigenvalue weighted by Crippen LogP contribution is 2.34. The van der Waals surface area contributed by atoms with Gasteiger partial charge in [0.2, 0.25) is 0 Å². The first-order valence-corrected chi connectivity index (χ1v) is 8.55. The van der Waals surface area contributed by atoms with Crippen LogP contribution in [0.25, 0.3) is 0 Å². The minimum atomic E-state index is 0.329. The van der Waals surface area contributed by atoms with E-state index in [0.29, 0.717) is 6.04 Å². The number of hydrogen-bond donors (Lipinski definition) is 0. The number of hydrogen-bond acceptors (Lipinski definition) is 3. The Bertz CT molecular complexity index is 618. The van der Waals surface area contributed by atoms with Crippen molar-refractivity contribution in [2.75, 3.05) is 31.6 Å². The van der Waals surface area contributed by atoms with Crippen LogP contribution in [-0.4, -0.2) is 36.6 Å². The summed E-state index contributed by atoms with van der Waals surface area (Å²) in [6.45, 7) is 3.03. The van der Waals surface area contributed by atoms with Gasteiger partial charge in [0, 0.05) is 30.3 Å². The van der Waals surface area contributed by atoms with Crippen LogP contribution in [0.2, 0.25) is 0 Å². The molecule has 0 radical (unpaired) electrons. The fourth-order valence-electron chi connectivity index (χ4n) is 2.75. The van der Waals surface area contributed by atoms with Crippen LogP contribution in [0.3, 0.4) is 0 Å². The van der Waals surface area contributed by atoms with E-state index in [1.807, 2.05) is 6.20 Å². The van der Waals surface area contributed by atoms with Crippen LogP contribution in [-0.2, 0) is 0 Å². The van der Waals surface area contributed by atoms with Crippen LogP contribution >= 0.6 is 31.9 Å². The van der Waals surface area contributed by atoms with Gasteiger partial charge < -0.3 is 9.80 Å². The highest BCUT2D eigenvalue weighted by molar-refractivity contribution is 9.11. The Hall–Kier alpha value is -0.910. The van der Waals surface area contributed by atoms with Crippen molar-refractivity contribution in [3.05, 3.63) is 57.1 Å². The Morgan fingerprint density at radius 1 is 1.14 bits per heavy atom. The molecule has 0 saturated carbocycles. The van der Waals surface area contributed by atoms with E-state index in [1.54, 1.807) is 0 Å². The maximum absolute atomic E-state index is 4.62. The quantitative estimate of drug-likeness (QED) is 0.742. The summed E-state index contributed by atoms with van der Waals surface area (Å²) in [5.74, 6) is 1.01. The summed E-state index contributed by atoms with van der Waals surface area (Å²) < 4.78 is 2.02. The Labute approximate surface area is 142 Å². The van der Waals surface area contributed by atoms with Crippen molar-refractivity contribution in [2.24, 2.45) is 0 Å². The molecule has 1 unspecified atom stereocenters. The number of likely N-dealkylation sites (N-methyl/N-ethyl adjacent to an activating group) is 1. The summed E-state index contributed by atoms with van der Waals surface area (Å²) in [5.41, 5.74) is 1.33. The lowest BCUT2D eigenvalue weighted by atomic mass is 10.0. The Balaban J connectivity index is 1.98. The van der Waals surface area contributed by atoms with Gasteiger partial charge in [-0.15, -0.1) is 0 Å². The minimum Gasteiger partial charge on any atom is -0.346 e. The van der Waals surface area contributed by atoms with E-state index in [2.05, 4.69) is 90.1 Å². The summed E-state index contributed by atoms with van der Waals surface area (Å²) in [4.78, 5) is 9.39. The topological polar surface area (TPSA) is 19.4 Å². The molecule has 3 rings (SSSR count). The highest BCUT2D eigenvalue weighted by Gasteiger charge is 2.28. The molecule has 0 aliphatic carbocycles. The first-order chi connectivity index (χ1) is 10.1. The molecule has 1 aliphatic heterocycles. The van der Waals surface area contributed by atoms with Crippen molar-refractivity contribution < 1.29 is 0 Å². The second kappa shape index (κ2) is 6.46. The van der Waals surface area contributed by atoms with Crippen LogP contribution in [0.4, 0.5) is 5.82 Å². The van der Waals surface area contributed by atoms with Crippen LogP contribution < -0.4 is 4.90 Å². The molecule has 0 spiro atoms. The molecular weight excluding hydrogens is 394 g/mol. The fourth-order valence-corrected chi connectivity index (χ4v) is 3.97. The Kier molecular flexibility index (Phi) is 4.62. The molecule has 5 heteroatoms. The van der Waals surface area contributed by atoms with E-state index in [9.17, 15) is 0 Å². The van der Waals surface area contributed by atoms with Crippen molar-refractivity contribution in [3.63, 3.8) is 0 Å². The molecule has 2 aromatic rings. The maximum Gasteiger partial charge on any atom is 0.143 e. The second-order valence-corrected chi connectivity index (χ2v) is 7.11. The molecule has 2 heterocycles. The molecule has 110 valence electrons. The van der Waals surface area contributed by atoms with Gasteiger partial charge in [-0.1, -0.05) is 30.3 Å². The fraction of sp³-hybridized carbons (Fsp3) is 0.312. The molecule has 0 N–H and O–H groups in total. The molecule has 0 amide bonds. The second-order valence-electron chi connectivity index (χ2n) is 5.34. The summed E-state index contributed by atoms with van der Waals surface area (Å²) in [5, 5.41) is 0. The largest absolute Gasteiger partial charge is 0.346 e. The summed E-state index contributed by atoms with van der Waals surface area (Å²) >= 11 is 7.12. The van der Waals surface area contributed by atoms with Gasteiger partial charge in [0.25, 0.3) is 0 Å². The van der Waals surface area contributed by atoms with Crippen LogP contribution in [0.15, 0.2) is 51.5 Å². The molecule has 21 heavy (non-hydrogen) atoms. The van der Waals surface area contributed by atoms with Crippen molar-refractivity contribution in [3.8, 4) is 0 Å². The number of rotatable bonds is 2. The van der Waals surface area contributed by atoms with Crippen LogP contribution in [0, 0.1) is 0 Å². The predicted octanol–water partition coefficient (Wildman–Crippen LogP) is 4.10. The molecule has 1 aromatic carbocycles. The lowest BCUT2D eigenvalue weighted by Crippen LogP contribution is -2.47. The van der Waals surface area contributed by atoms with Gasteiger partial charge in [0.15, 0.2) is 0 Å². The third kappa shape index (κ3) is 3.30. The van der Waals surface area contributed by atoms with E-state index >= 15 is 0 Å². The van der Waals surface area contributed by atoms with Gasteiger partial charge in [-0.05, 0) is 50.5 Å². The SMILES string of the molecule is CN1CCN(c2ncc(Br)cc2Br)C(c2ccccc2)C1. The smallest absolute Gasteiger partial charge is 0.143 e. The lowest BCUT2D eigenvalue weighted by Gasteiger charge is -2.41. The van der Waals surface area contributed by atoms with E-state index in [0.717, 1.165) is 34.4 Å². The molecule has 1 atom stereocenters. The maximum atomic E-state index is 4.62. The van der Waals surface area contributed by atoms with Crippen LogP contribution in [0.5, 0.6) is 0 Å². The standard InChI is InChI=1S/C16H17Br2N3/c1-20-7-8-21(16-14(18)9-13(17)10-19-16)15(11-20)12-5-3-2-4-6-12/h2-6,9-10,15H,7-8,11H2,1H3. The van der Waals surface area contributed by atoms with Gasteiger partial charge in [-0.2, -0.15) is 0 Å². The van der Waals surface area contributed by atoms with Crippen molar-refractivity contribution >= 4 is 37.7 Å². The normalized spacial score (nSPS) is 19.8. The van der Waals surface area contributed by atoms with Crippen molar-refractivity contribution in [1.82, 2.24) is 9.88 Å². The number of nitrogens with zero attached hydrogens (tertiary/aromatic N) is 3. The van der Waals surface area contributed by atoms with Gasteiger partial charge in [0.1, 0.15) is 5.82 Å². The number of benzene rings is 1. The summed E-state index contributed by atoms with van der Waals surface area (Å²) in [6.07, 6.45) is 1.86. The first kappa shape index (κ1) is 15.0. The number of aromatic nitrogens is 1. The van der Waals surface area contributed by atoms with E-state index < -0.39 is 0 Å². The molecule has 3 nitrogen and oxygen atoms in total. The third-order valence-electron chi connectivity index (χ3n) is 3.83. The number of pyridine rings is 1. The first-order valence-electron chi connectivity index (χ1n) is 6.96. The summed E-state index contributed by atoms with van der Waals surface area (Å²) in [7, 11) is 2.18. The van der Waals surface area contributed by atoms with E-state index in [-0.39, 0.29) is 0 Å². The van der Waals surface area contributed by atoms with Crippen molar-refractivity contribution in [2.45, 2.75) is 6.04 Å². The zero-order valence-electron chi connectivity index (χ0n) is 11.8. The predicted molar refractivity (Wildman–Crippen MR) is 93.7 cm³/mol. The zero-order valence-corrected chi connectivity index (χ0v) is 15.0. The monoisotopic (exact) mass is 409 g/mol. The van der Waals surface area contributed by atoms with Gasteiger partial charge in [0.05, 0.1) is 10.5 Å². The molecule has 1 saturated heterocycles. The van der Waals surface area contributed by atoms with E-state index in [1.165, 1.54) is 5.56 Å². The Morgan fingerprint density at radius 2 is 1.90 bits per heavy atom. The van der Waals surface area contributed by atoms with Gasteiger partial charge >= 0.3 is 0 Å². The average Bonchev–Trinajstić information content (AvgIpc) is 2.49. The summed E-state index contributed by atoms with van der Waals surface area (Å²) in [6, 6.07) is 13.1. The molecule has 1 fully saturated rings. The van der Waals surface area contributed by atoms with Crippen molar-refractivity contribution in [1.29, 1.82) is 0 Å². The zero-order chi connectivity index (χ0) is 14.8. The third-order valence-corrected chi connectivity index (χ3v) is 4.85. The van der Waals surface area contributed by atoms with E-state index in [4.69, 9.17) is 0 Å². The molecular formula is C16H17Br2N3. The average molecular weight is 411 g/mol. The number of halogens is 2. The van der Waals surface area contributed by atoms with Gasteiger partial charge in [-0.25, -0.2) is 4.98 Å². The molecule has 0 bridgehead atoms. The number of anilines is 1. The van der Waals surface area contributed by atoms with Crippen LogP contribution in [0.1, 0.15) is 11.6 Å². The van der Waals surface area contributed by atoms with Gasteiger partial charge in [-0.3, -0.25) is 0 Å².